The summed E-state index contributed by atoms with van der Waals surface area (Å²) in [7, 11) is 0. The second kappa shape index (κ2) is 5.22. The lowest BCUT2D eigenvalue weighted by atomic mass is 10.1. The van der Waals surface area contributed by atoms with Crippen molar-refractivity contribution in [2.45, 2.75) is 33.6 Å². The number of hydrogen-bond donors (Lipinski definition) is 1. The first-order chi connectivity index (χ1) is 9.00. The maximum absolute atomic E-state index is 12.3. The zero-order chi connectivity index (χ0) is 14.0. The normalized spacial score (nSPS) is 10.8. The summed E-state index contributed by atoms with van der Waals surface area (Å²) in [4.78, 5) is 20.3. The Hall–Kier alpha value is -2.17. The number of amides is 1. The number of nitrogens with zero attached hydrogens (tertiary/aromatic N) is 2. The molecule has 0 unspecified atom stereocenters. The van der Waals surface area contributed by atoms with E-state index >= 15 is 0 Å². The summed E-state index contributed by atoms with van der Waals surface area (Å²) >= 11 is 0. The Morgan fingerprint density at radius 1 is 1.26 bits per heavy atom. The van der Waals surface area contributed by atoms with Gasteiger partial charge < -0.3 is 9.73 Å². The van der Waals surface area contributed by atoms with Gasteiger partial charge in [0.1, 0.15) is 5.76 Å². The Labute approximate surface area is 112 Å². The summed E-state index contributed by atoms with van der Waals surface area (Å²) < 4.78 is 5.26. The highest BCUT2D eigenvalue weighted by molar-refractivity contribution is 6.04. The molecular weight excluding hydrogens is 242 g/mol. The number of aryl methyl sites for hydroxylation is 2. The van der Waals surface area contributed by atoms with Gasteiger partial charge in [-0.15, -0.1) is 0 Å². The largest absolute Gasteiger partial charge is 0.447 e. The zero-order valence-electron chi connectivity index (χ0n) is 11.5. The molecule has 5 heteroatoms. The Morgan fingerprint density at radius 2 is 1.89 bits per heavy atom. The van der Waals surface area contributed by atoms with Crippen LogP contribution in [0.3, 0.4) is 0 Å². The van der Waals surface area contributed by atoms with Crippen molar-refractivity contribution in [3.63, 3.8) is 0 Å². The molecule has 19 heavy (non-hydrogen) atoms. The van der Waals surface area contributed by atoms with Crippen molar-refractivity contribution in [1.29, 1.82) is 0 Å². The number of hydrogen-bond acceptors (Lipinski definition) is 4. The van der Waals surface area contributed by atoms with Crippen molar-refractivity contribution < 1.29 is 9.21 Å². The van der Waals surface area contributed by atoms with Gasteiger partial charge in [-0.2, -0.15) is 0 Å². The average molecular weight is 259 g/mol. The molecule has 2 aromatic heterocycles. The van der Waals surface area contributed by atoms with Gasteiger partial charge in [-0.3, -0.25) is 9.78 Å². The summed E-state index contributed by atoms with van der Waals surface area (Å²) in [6.07, 6.45) is 4.74. The molecule has 2 heterocycles. The third-order valence-electron chi connectivity index (χ3n) is 2.90. The van der Waals surface area contributed by atoms with E-state index in [4.69, 9.17) is 4.42 Å². The monoisotopic (exact) mass is 259 g/mol. The Balaban J connectivity index is 2.29. The molecule has 0 aromatic carbocycles. The van der Waals surface area contributed by atoms with Gasteiger partial charge in [0.25, 0.3) is 5.91 Å². The van der Waals surface area contributed by atoms with Crippen molar-refractivity contribution >= 4 is 11.6 Å². The second-order valence-corrected chi connectivity index (χ2v) is 4.82. The fourth-order valence-electron chi connectivity index (χ4n) is 1.91. The fraction of sp³-hybridized carbons (Fsp3) is 0.357. The van der Waals surface area contributed by atoms with Gasteiger partial charge in [-0.25, -0.2) is 4.98 Å². The Kier molecular flexibility index (Phi) is 3.64. The van der Waals surface area contributed by atoms with Crippen LogP contribution in [-0.2, 0) is 0 Å². The van der Waals surface area contributed by atoms with E-state index in [1.54, 1.807) is 12.4 Å². The maximum atomic E-state index is 12.3. The number of carbonyl (C=O) groups excluding carboxylic acids is 1. The molecule has 1 N–H and O–H groups in total. The van der Waals surface area contributed by atoms with Crippen molar-refractivity contribution in [3.8, 4) is 0 Å². The summed E-state index contributed by atoms with van der Waals surface area (Å²) in [6, 6.07) is 0. The number of carbonyl (C=O) groups is 1. The van der Waals surface area contributed by atoms with Crippen LogP contribution in [0.15, 0.2) is 23.2 Å². The second-order valence-electron chi connectivity index (χ2n) is 4.82. The van der Waals surface area contributed by atoms with Gasteiger partial charge in [0, 0.05) is 24.0 Å². The minimum Gasteiger partial charge on any atom is -0.447 e. The third kappa shape index (κ3) is 2.65. The van der Waals surface area contributed by atoms with Crippen molar-refractivity contribution in [3.05, 3.63) is 41.4 Å². The number of anilines is 1. The van der Waals surface area contributed by atoms with Crippen molar-refractivity contribution in [2.75, 3.05) is 5.32 Å². The van der Waals surface area contributed by atoms with E-state index in [1.165, 1.54) is 6.39 Å². The molecule has 2 rings (SSSR count). The van der Waals surface area contributed by atoms with Gasteiger partial charge in [-0.1, -0.05) is 13.8 Å². The van der Waals surface area contributed by atoms with Crippen molar-refractivity contribution in [2.24, 2.45) is 0 Å². The molecule has 0 spiro atoms. The molecule has 0 bridgehead atoms. The van der Waals surface area contributed by atoms with Gasteiger partial charge >= 0.3 is 0 Å². The highest BCUT2D eigenvalue weighted by atomic mass is 16.3. The number of pyridine rings is 1. The Bertz CT molecular complexity index is 582. The van der Waals surface area contributed by atoms with Crippen LogP contribution in [0.1, 0.15) is 47.1 Å². The molecule has 0 aliphatic rings. The van der Waals surface area contributed by atoms with Crippen LogP contribution < -0.4 is 5.32 Å². The molecule has 0 aliphatic heterocycles. The smallest absolute Gasteiger partial charge is 0.277 e. The molecule has 0 saturated heterocycles. The number of aromatic nitrogens is 2. The van der Waals surface area contributed by atoms with Crippen LogP contribution in [0.5, 0.6) is 0 Å². The highest BCUT2D eigenvalue weighted by Crippen LogP contribution is 2.22. The van der Waals surface area contributed by atoms with Crippen LogP contribution in [0.2, 0.25) is 0 Å². The first-order valence-corrected chi connectivity index (χ1v) is 6.16. The molecule has 0 saturated carbocycles. The molecule has 1 amide bonds. The summed E-state index contributed by atoms with van der Waals surface area (Å²) in [5, 5.41) is 2.87. The quantitative estimate of drug-likeness (QED) is 0.919. The highest BCUT2D eigenvalue weighted by Gasteiger charge is 2.20. The van der Waals surface area contributed by atoms with E-state index in [-0.39, 0.29) is 11.8 Å². The minimum atomic E-state index is -0.255. The van der Waals surface area contributed by atoms with Gasteiger partial charge in [0.2, 0.25) is 0 Å². The predicted molar refractivity (Wildman–Crippen MR) is 72.3 cm³/mol. The maximum Gasteiger partial charge on any atom is 0.277 e. The summed E-state index contributed by atoms with van der Waals surface area (Å²) in [6.45, 7) is 7.73. The third-order valence-corrected chi connectivity index (χ3v) is 2.90. The fourth-order valence-corrected chi connectivity index (χ4v) is 1.91. The first kappa shape index (κ1) is 13.3. The van der Waals surface area contributed by atoms with E-state index in [9.17, 15) is 4.79 Å². The molecule has 2 aromatic rings. The van der Waals surface area contributed by atoms with E-state index in [1.807, 2.05) is 27.7 Å². The lowest BCUT2D eigenvalue weighted by molar-refractivity contribution is 0.102. The minimum absolute atomic E-state index is 0.114. The van der Waals surface area contributed by atoms with Crippen LogP contribution in [0.4, 0.5) is 5.69 Å². The molecule has 5 nitrogen and oxygen atoms in total. The van der Waals surface area contributed by atoms with E-state index in [0.717, 1.165) is 16.8 Å². The zero-order valence-corrected chi connectivity index (χ0v) is 11.5. The molecule has 0 radical (unpaired) electrons. The number of nitrogens with one attached hydrogen (secondary N) is 1. The number of oxazole rings is 1. The molecule has 0 fully saturated rings. The van der Waals surface area contributed by atoms with Gasteiger partial charge in [0.15, 0.2) is 12.1 Å². The van der Waals surface area contributed by atoms with Gasteiger partial charge in [0.05, 0.1) is 0 Å². The average Bonchev–Trinajstić information content (AvgIpc) is 2.83. The number of rotatable bonds is 3. The Morgan fingerprint density at radius 3 is 2.47 bits per heavy atom. The van der Waals surface area contributed by atoms with Crippen LogP contribution in [0, 0.1) is 13.8 Å². The summed E-state index contributed by atoms with van der Waals surface area (Å²) in [5.41, 5.74) is 2.95. The molecular formula is C14H17N3O2. The standard InChI is InChI=1S/C14H17N3O2/c1-8(2)13-12(16-7-19-13)14(18)17-11-9(3)5-15-6-10(11)4/h5-8H,1-4H3,(H,15,17,18). The molecule has 0 aliphatic carbocycles. The van der Waals surface area contributed by atoms with Crippen molar-refractivity contribution in [1.82, 2.24) is 9.97 Å². The lowest BCUT2D eigenvalue weighted by Gasteiger charge is -2.10. The van der Waals surface area contributed by atoms with Crippen LogP contribution in [-0.4, -0.2) is 15.9 Å². The van der Waals surface area contributed by atoms with E-state index in [2.05, 4.69) is 15.3 Å². The van der Waals surface area contributed by atoms with Gasteiger partial charge in [-0.05, 0) is 25.0 Å². The van der Waals surface area contributed by atoms with E-state index < -0.39 is 0 Å². The first-order valence-electron chi connectivity index (χ1n) is 6.16. The summed E-state index contributed by atoms with van der Waals surface area (Å²) in [5.74, 6) is 0.458. The topological polar surface area (TPSA) is 68.0 Å². The molecule has 0 atom stereocenters. The van der Waals surface area contributed by atoms with Crippen LogP contribution >= 0.6 is 0 Å². The molecule has 100 valence electrons. The van der Waals surface area contributed by atoms with E-state index in [0.29, 0.717) is 11.5 Å². The SMILES string of the molecule is Cc1cncc(C)c1NC(=O)c1ncoc1C(C)C. The lowest BCUT2D eigenvalue weighted by Crippen LogP contribution is -2.16. The van der Waals surface area contributed by atoms with Crippen LogP contribution in [0.25, 0.3) is 0 Å². The predicted octanol–water partition coefficient (Wildman–Crippen LogP) is 3.06.